The fraction of sp³-hybridized carbons (Fsp3) is 0.538. The second-order valence-corrected chi connectivity index (χ2v) is 4.24. The zero-order chi connectivity index (χ0) is 11.4. The number of nitrogens with zero attached hydrogens (tertiary/aromatic N) is 2. The molecule has 0 atom stereocenters. The first-order chi connectivity index (χ1) is 7.85. The van der Waals surface area contributed by atoms with E-state index in [2.05, 4.69) is 9.83 Å². The highest BCUT2D eigenvalue weighted by Gasteiger charge is 2.20. The van der Waals surface area contributed by atoms with E-state index in [9.17, 15) is 0 Å². The summed E-state index contributed by atoms with van der Waals surface area (Å²) in [7, 11) is 1.65. The standard InChI is InChI=1S/C13H16N2O/c1-14-11-8-12(13(16-2)15-9-11)10-6-4-3-5-7-10/h8-10H,3-7H2,2H3. The van der Waals surface area contributed by atoms with E-state index in [1.54, 1.807) is 13.3 Å². The molecule has 3 heteroatoms. The van der Waals surface area contributed by atoms with Gasteiger partial charge in [-0.2, -0.15) is 0 Å². The topological polar surface area (TPSA) is 26.5 Å². The number of hydrogen-bond donors (Lipinski definition) is 0. The number of pyridine rings is 1. The Balaban J connectivity index is 2.32. The van der Waals surface area contributed by atoms with Gasteiger partial charge in [-0.3, -0.25) is 0 Å². The summed E-state index contributed by atoms with van der Waals surface area (Å²) in [6, 6.07) is 1.94. The molecule has 1 heterocycles. The molecule has 0 spiro atoms. The summed E-state index contributed by atoms with van der Waals surface area (Å²) in [5.41, 5.74) is 1.73. The van der Waals surface area contributed by atoms with Gasteiger partial charge in [-0.1, -0.05) is 19.3 Å². The maximum absolute atomic E-state index is 7.03. The molecule has 0 unspecified atom stereocenters. The van der Waals surface area contributed by atoms with E-state index in [1.165, 1.54) is 32.1 Å². The highest BCUT2D eigenvalue weighted by Crippen LogP contribution is 2.37. The summed E-state index contributed by atoms with van der Waals surface area (Å²) >= 11 is 0. The van der Waals surface area contributed by atoms with E-state index >= 15 is 0 Å². The Labute approximate surface area is 96.3 Å². The van der Waals surface area contributed by atoms with Gasteiger partial charge in [-0.15, -0.1) is 0 Å². The quantitative estimate of drug-likeness (QED) is 0.705. The third-order valence-electron chi connectivity index (χ3n) is 3.23. The lowest BCUT2D eigenvalue weighted by Crippen LogP contribution is -2.07. The molecular formula is C13H16N2O. The predicted molar refractivity (Wildman–Crippen MR) is 62.9 cm³/mol. The molecule has 1 saturated carbocycles. The first kappa shape index (κ1) is 10.9. The molecule has 0 N–H and O–H groups in total. The molecule has 1 aromatic rings. The molecule has 84 valence electrons. The molecule has 1 aliphatic carbocycles. The third-order valence-corrected chi connectivity index (χ3v) is 3.23. The van der Waals surface area contributed by atoms with Crippen molar-refractivity contribution in [1.29, 1.82) is 0 Å². The van der Waals surface area contributed by atoms with Gasteiger partial charge >= 0.3 is 0 Å². The summed E-state index contributed by atoms with van der Waals surface area (Å²) in [6.45, 7) is 7.03. The fourth-order valence-electron chi connectivity index (χ4n) is 2.40. The van der Waals surface area contributed by atoms with Gasteiger partial charge in [0.15, 0.2) is 0 Å². The maximum Gasteiger partial charge on any atom is 0.213 e. The predicted octanol–water partition coefficient (Wildman–Crippen LogP) is 3.69. The molecule has 0 aliphatic heterocycles. The molecule has 0 bridgehead atoms. The lowest BCUT2D eigenvalue weighted by Gasteiger charge is -2.23. The Kier molecular flexibility index (Phi) is 3.40. The number of ether oxygens (including phenoxy) is 1. The fourth-order valence-corrected chi connectivity index (χ4v) is 2.40. The number of rotatable bonds is 2. The lowest BCUT2D eigenvalue weighted by atomic mass is 9.84. The van der Waals surface area contributed by atoms with Crippen molar-refractivity contribution in [3.63, 3.8) is 0 Å². The maximum atomic E-state index is 7.03. The van der Waals surface area contributed by atoms with Gasteiger partial charge in [0.05, 0.1) is 13.7 Å². The van der Waals surface area contributed by atoms with Crippen LogP contribution >= 0.6 is 0 Å². The zero-order valence-corrected chi connectivity index (χ0v) is 9.57. The van der Waals surface area contributed by atoms with Crippen molar-refractivity contribution in [3.05, 3.63) is 29.2 Å². The molecule has 1 aliphatic rings. The zero-order valence-electron chi connectivity index (χ0n) is 9.57. The minimum absolute atomic E-state index is 0.526. The van der Waals surface area contributed by atoms with E-state index in [1.807, 2.05) is 6.07 Å². The average molecular weight is 216 g/mol. The second-order valence-electron chi connectivity index (χ2n) is 4.24. The molecule has 3 nitrogen and oxygen atoms in total. The van der Waals surface area contributed by atoms with Crippen molar-refractivity contribution in [3.8, 4) is 5.88 Å². The van der Waals surface area contributed by atoms with Crippen LogP contribution in [0.5, 0.6) is 5.88 Å². The van der Waals surface area contributed by atoms with Crippen molar-refractivity contribution in [2.45, 2.75) is 38.0 Å². The first-order valence-electron chi connectivity index (χ1n) is 5.76. The summed E-state index contributed by atoms with van der Waals surface area (Å²) in [6.07, 6.45) is 7.85. The van der Waals surface area contributed by atoms with Crippen molar-refractivity contribution in [2.75, 3.05) is 7.11 Å². The van der Waals surface area contributed by atoms with Crippen molar-refractivity contribution >= 4 is 5.69 Å². The number of aromatic nitrogens is 1. The van der Waals surface area contributed by atoms with Crippen LogP contribution in [-0.2, 0) is 0 Å². The summed E-state index contributed by atoms with van der Waals surface area (Å²) in [5.74, 6) is 1.22. The van der Waals surface area contributed by atoms with Gasteiger partial charge in [0, 0.05) is 11.8 Å². The average Bonchev–Trinajstić information content (AvgIpc) is 2.39. The van der Waals surface area contributed by atoms with Gasteiger partial charge in [0.2, 0.25) is 11.6 Å². The van der Waals surface area contributed by atoms with Crippen LogP contribution in [0.15, 0.2) is 12.3 Å². The van der Waals surface area contributed by atoms with Crippen LogP contribution in [-0.4, -0.2) is 12.1 Å². The van der Waals surface area contributed by atoms with Crippen LogP contribution in [0.3, 0.4) is 0 Å². The Hall–Kier alpha value is -1.56. The van der Waals surface area contributed by atoms with E-state index in [4.69, 9.17) is 11.3 Å². The highest BCUT2D eigenvalue weighted by molar-refractivity contribution is 5.48. The Morgan fingerprint density at radius 2 is 2.12 bits per heavy atom. The molecule has 2 rings (SSSR count). The smallest absolute Gasteiger partial charge is 0.213 e. The van der Waals surface area contributed by atoms with Crippen molar-refractivity contribution < 1.29 is 4.74 Å². The molecule has 0 amide bonds. The SMILES string of the molecule is [C-]#[N+]c1cnc(OC)c(C2CCCCC2)c1. The van der Waals surface area contributed by atoms with Crippen LogP contribution in [0.25, 0.3) is 4.85 Å². The minimum Gasteiger partial charge on any atom is -0.481 e. The van der Waals surface area contributed by atoms with Gasteiger partial charge in [-0.05, 0) is 24.8 Å². The molecule has 1 fully saturated rings. The molecule has 1 aromatic heterocycles. The normalized spacial score (nSPS) is 16.8. The summed E-state index contributed by atoms with van der Waals surface area (Å²) in [4.78, 5) is 7.64. The molecule has 16 heavy (non-hydrogen) atoms. The van der Waals surface area contributed by atoms with Gasteiger partial charge in [0.1, 0.15) is 0 Å². The van der Waals surface area contributed by atoms with Crippen LogP contribution in [0.1, 0.15) is 43.6 Å². The summed E-state index contributed by atoms with van der Waals surface area (Å²) < 4.78 is 5.28. The van der Waals surface area contributed by atoms with E-state index < -0.39 is 0 Å². The van der Waals surface area contributed by atoms with Crippen LogP contribution in [0.4, 0.5) is 5.69 Å². The van der Waals surface area contributed by atoms with E-state index in [-0.39, 0.29) is 0 Å². The Morgan fingerprint density at radius 1 is 1.38 bits per heavy atom. The van der Waals surface area contributed by atoms with Gasteiger partial charge in [-0.25, -0.2) is 9.83 Å². The Morgan fingerprint density at radius 3 is 2.75 bits per heavy atom. The summed E-state index contributed by atoms with van der Waals surface area (Å²) in [5, 5.41) is 0. The molecule has 0 radical (unpaired) electrons. The van der Waals surface area contributed by atoms with E-state index in [0.29, 0.717) is 17.5 Å². The van der Waals surface area contributed by atoms with Crippen molar-refractivity contribution in [2.24, 2.45) is 0 Å². The number of methoxy groups -OCH3 is 1. The van der Waals surface area contributed by atoms with Gasteiger partial charge in [0.25, 0.3) is 0 Å². The minimum atomic E-state index is 0.526. The van der Waals surface area contributed by atoms with Gasteiger partial charge < -0.3 is 4.74 Å². The van der Waals surface area contributed by atoms with Crippen LogP contribution < -0.4 is 4.74 Å². The Bertz CT molecular complexity index is 403. The van der Waals surface area contributed by atoms with Crippen LogP contribution in [0, 0.1) is 6.57 Å². The molecular weight excluding hydrogens is 200 g/mol. The first-order valence-corrected chi connectivity index (χ1v) is 5.76. The third kappa shape index (κ3) is 2.16. The number of hydrogen-bond acceptors (Lipinski definition) is 2. The largest absolute Gasteiger partial charge is 0.481 e. The monoisotopic (exact) mass is 216 g/mol. The van der Waals surface area contributed by atoms with Crippen LogP contribution in [0.2, 0.25) is 0 Å². The van der Waals surface area contributed by atoms with Crippen molar-refractivity contribution in [1.82, 2.24) is 4.98 Å². The highest BCUT2D eigenvalue weighted by atomic mass is 16.5. The molecule has 0 saturated heterocycles. The second kappa shape index (κ2) is 4.98. The lowest BCUT2D eigenvalue weighted by molar-refractivity contribution is 0.373. The molecule has 0 aromatic carbocycles. The van der Waals surface area contributed by atoms with E-state index in [0.717, 1.165) is 5.56 Å².